The van der Waals surface area contributed by atoms with Crippen LogP contribution in [-0.2, 0) is 0 Å². The van der Waals surface area contributed by atoms with E-state index < -0.39 is 5.91 Å². The van der Waals surface area contributed by atoms with Gasteiger partial charge < -0.3 is 9.73 Å². The minimum Gasteiger partial charge on any atom is -0.459 e. The highest BCUT2D eigenvalue weighted by molar-refractivity contribution is 7.80. The van der Waals surface area contributed by atoms with Gasteiger partial charge in [-0.05, 0) is 55.4 Å². The number of nitrogens with one attached hydrogen (secondary N) is 2. The summed E-state index contributed by atoms with van der Waals surface area (Å²) >= 11 is 11.3. The van der Waals surface area contributed by atoms with E-state index in [9.17, 15) is 4.79 Å². The number of hydrogen-bond acceptors (Lipinski definition) is 3. The Kier molecular flexibility index (Phi) is 4.42. The molecule has 1 heterocycles. The third-order valence-corrected chi connectivity index (χ3v) is 3.14. The van der Waals surface area contributed by atoms with Crippen molar-refractivity contribution in [2.45, 2.75) is 13.8 Å². The van der Waals surface area contributed by atoms with Gasteiger partial charge >= 0.3 is 0 Å². The molecule has 0 saturated carbocycles. The van der Waals surface area contributed by atoms with Gasteiger partial charge in [-0.15, -0.1) is 0 Å². The number of carbonyl (C=O) groups is 1. The first-order valence-corrected chi connectivity index (χ1v) is 6.68. The lowest BCUT2D eigenvalue weighted by Crippen LogP contribution is -2.34. The predicted octanol–water partition coefficient (Wildman–Crippen LogP) is 3.68. The maximum absolute atomic E-state index is 11.8. The zero-order chi connectivity index (χ0) is 14.7. The van der Waals surface area contributed by atoms with Crippen LogP contribution in [0.3, 0.4) is 0 Å². The van der Waals surface area contributed by atoms with Crippen molar-refractivity contribution >= 4 is 40.5 Å². The Morgan fingerprint density at radius 1 is 1.35 bits per heavy atom. The number of benzene rings is 1. The average Bonchev–Trinajstić information content (AvgIpc) is 2.87. The van der Waals surface area contributed by atoms with Crippen molar-refractivity contribution in [3.63, 3.8) is 0 Å². The first-order chi connectivity index (χ1) is 9.47. The molecule has 2 aromatic rings. The van der Waals surface area contributed by atoms with E-state index in [1.807, 2.05) is 26.0 Å². The van der Waals surface area contributed by atoms with Gasteiger partial charge in [-0.2, -0.15) is 0 Å². The maximum atomic E-state index is 11.8. The Hall–Kier alpha value is -1.85. The zero-order valence-corrected chi connectivity index (χ0v) is 12.6. The molecule has 0 fully saturated rings. The van der Waals surface area contributed by atoms with Crippen LogP contribution in [0.1, 0.15) is 21.7 Å². The lowest BCUT2D eigenvalue weighted by atomic mass is 10.1. The Bertz CT molecular complexity index is 630. The van der Waals surface area contributed by atoms with E-state index in [4.69, 9.17) is 28.2 Å². The molecule has 0 saturated heterocycles. The minimum atomic E-state index is -0.409. The van der Waals surface area contributed by atoms with Gasteiger partial charge in [-0.1, -0.05) is 17.7 Å². The van der Waals surface area contributed by atoms with E-state index in [0.717, 1.165) is 11.1 Å². The maximum Gasteiger partial charge on any atom is 0.293 e. The molecule has 0 radical (unpaired) electrons. The van der Waals surface area contributed by atoms with E-state index >= 15 is 0 Å². The summed E-state index contributed by atoms with van der Waals surface area (Å²) < 4.78 is 4.98. The fourth-order valence-electron chi connectivity index (χ4n) is 1.79. The third-order valence-electron chi connectivity index (χ3n) is 2.64. The van der Waals surface area contributed by atoms with Gasteiger partial charge in [0, 0.05) is 0 Å². The van der Waals surface area contributed by atoms with Crippen molar-refractivity contribution in [1.82, 2.24) is 5.32 Å². The largest absolute Gasteiger partial charge is 0.459 e. The highest BCUT2D eigenvalue weighted by Gasteiger charge is 2.12. The molecule has 0 bridgehead atoms. The molecule has 0 aliphatic rings. The van der Waals surface area contributed by atoms with Gasteiger partial charge in [0.2, 0.25) is 0 Å². The number of amides is 1. The average molecular weight is 309 g/mol. The van der Waals surface area contributed by atoms with E-state index in [1.54, 1.807) is 12.1 Å². The molecule has 0 spiro atoms. The normalized spacial score (nSPS) is 10.2. The Labute approximate surface area is 127 Å². The van der Waals surface area contributed by atoms with Crippen molar-refractivity contribution in [2.75, 3.05) is 5.32 Å². The highest BCUT2D eigenvalue weighted by Crippen LogP contribution is 2.27. The van der Waals surface area contributed by atoms with Gasteiger partial charge in [0.05, 0.1) is 17.0 Å². The minimum absolute atomic E-state index is 0.167. The van der Waals surface area contributed by atoms with Crippen LogP contribution in [0, 0.1) is 13.8 Å². The first kappa shape index (κ1) is 14.6. The number of hydrogen-bond donors (Lipinski definition) is 2. The Morgan fingerprint density at radius 2 is 2.10 bits per heavy atom. The molecule has 20 heavy (non-hydrogen) atoms. The van der Waals surface area contributed by atoms with Crippen molar-refractivity contribution in [2.24, 2.45) is 0 Å². The molecule has 1 amide bonds. The van der Waals surface area contributed by atoms with Crippen LogP contribution in [-0.4, -0.2) is 11.0 Å². The van der Waals surface area contributed by atoms with Crippen LogP contribution in [0.4, 0.5) is 5.69 Å². The van der Waals surface area contributed by atoms with Crippen molar-refractivity contribution in [1.29, 1.82) is 0 Å². The number of aryl methyl sites for hydroxylation is 2. The SMILES string of the molecule is Cc1cc(C)c(NC(=S)NC(=O)c2ccco2)c(Cl)c1. The number of furan rings is 1. The molecule has 0 aliphatic heterocycles. The van der Waals surface area contributed by atoms with Crippen LogP contribution < -0.4 is 10.6 Å². The summed E-state index contributed by atoms with van der Waals surface area (Å²) in [4.78, 5) is 11.8. The molecule has 0 aliphatic carbocycles. The van der Waals surface area contributed by atoms with E-state index in [1.165, 1.54) is 6.26 Å². The summed E-state index contributed by atoms with van der Waals surface area (Å²) in [5, 5.41) is 6.17. The van der Waals surface area contributed by atoms with Crippen molar-refractivity contribution in [3.8, 4) is 0 Å². The van der Waals surface area contributed by atoms with Gasteiger partial charge in [0.1, 0.15) is 0 Å². The third kappa shape index (κ3) is 3.37. The van der Waals surface area contributed by atoms with Gasteiger partial charge in [0.15, 0.2) is 10.9 Å². The van der Waals surface area contributed by atoms with Crippen LogP contribution in [0.25, 0.3) is 0 Å². The fourth-order valence-corrected chi connectivity index (χ4v) is 2.35. The smallest absolute Gasteiger partial charge is 0.293 e. The number of halogens is 1. The van der Waals surface area contributed by atoms with Crippen LogP contribution in [0.15, 0.2) is 34.9 Å². The molecular formula is C14H13ClN2O2S. The lowest BCUT2D eigenvalue weighted by Gasteiger charge is -2.13. The second kappa shape index (κ2) is 6.07. The standard InChI is InChI=1S/C14H13ClN2O2S/c1-8-6-9(2)12(10(15)7-8)16-14(20)17-13(18)11-4-3-5-19-11/h3-7H,1-2H3,(H2,16,17,18,20). The van der Waals surface area contributed by atoms with E-state index in [-0.39, 0.29) is 10.9 Å². The summed E-state index contributed by atoms with van der Waals surface area (Å²) in [7, 11) is 0. The second-order valence-corrected chi connectivity index (χ2v) is 5.14. The first-order valence-electron chi connectivity index (χ1n) is 5.90. The second-order valence-electron chi connectivity index (χ2n) is 4.32. The van der Waals surface area contributed by atoms with Crippen molar-refractivity contribution in [3.05, 3.63) is 52.4 Å². The molecule has 1 aromatic carbocycles. The predicted molar refractivity (Wildman–Crippen MR) is 83.3 cm³/mol. The highest BCUT2D eigenvalue weighted by atomic mass is 35.5. The molecule has 2 rings (SSSR count). The van der Waals surface area contributed by atoms with Crippen LogP contribution in [0.2, 0.25) is 5.02 Å². The molecule has 0 unspecified atom stereocenters. The lowest BCUT2D eigenvalue weighted by molar-refractivity contribution is 0.0950. The molecule has 2 N–H and O–H groups in total. The van der Waals surface area contributed by atoms with Gasteiger partial charge in [0.25, 0.3) is 5.91 Å². The number of thiocarbonyl (C=S) groups is 1. The molecule has 1 aromatic heterocycles. The molecule has 4 nitrogen and oxygen atoms in total. The van der Waals surface area contributed by atoms with Crippen LogP contribution >= 0.6 is 23.8 Å². The zero-order valence-electron chi connectivity index (χ0n) is 11.0. The molecular weight excluding hydrogens is 296 g/mol. The van der Waals surface area contributed by atoms with E-state index in [0.29, 0.717) is 10.7 Å². The summed E-state index contributed by atoms with van der Waals surface area (Å²) in [6, 6.07) is 6.99. The summed E-state index contributed by atoms with van der Waals surface area (Å²) in [5.74, 6) is -0.214. The number of rotatable bonds is 2. The van der Waals surface area contributed by atoms with Crippen molar-refractivity contribution < 1.29 is 9.21 Å². The monoisotopic (exact) mass is 308 g/mol. The van der Waals surface area contributed by atoms with Gasteiger partial charge in [-0.3, -0.25) is 10.1 Å². The van der Waals surface area contributed by atoms with Gasteiger partial charge in [-0.25, -0.2) is 0 Å². The molecule has 0 atom stereocenters. The number of anilines is 1. The number of carbonyl (C=O) groups excluding carboxylic acids is 1. The molecule has 104 valence electrons. The summed E-state index contributed by atoms with van der Waals surface area (Å²) in [6.07, 6.45) is 1.42. The summed E-state index contributed by atoms with van der Waals surface area (Å²) in [6.45, 7) is 3.87. The van der Waals surface area contributed by atoms with Crippen LogP contribution in [0.5, 0.6) is 0 Å². The fraction of sp³-hybridized carbons (Fsp3) is 0.143. The summed E-state index contributed by atoms with van der Waals surface area (Å²) in [5.41, 5.74) is 2.69. The Balaban J connectivity index is 2.07. The van der Waals surface area contributed by atoms with E-state index in [2.05, 4.69) is 10.6 Å². The topological polar surface area (TPSA) is 54.3 Å². The Morgan fingerprint density at radius 3 is 2.70 bits per heavy atom. The molecule has 6 heteroatoms. The quantitative estimate of drug-likeness (QED) is 0.831.